The molecule has 0 saturated carbocycles. The van der Waals surface area contributed by atoms with E-state index in [1.807, 2.05) is 10.9 Å². The van der Waals surface area contributed by atoms with Gasteiger partial charge in [0.05, 0.1) is 11.8 Å². The Morgan fingerprint density at radius 1 is 1.69 bits per heavy atom. The van der Waals surface area contributed by atoms with Crippen LogP contribution in [-0.4, -0.2) is 15.6 Å². The summed E-state index contributed by atoms with van der Waals surface area (Å²) in [5.41, 5.74) is 0.698. The number of rotatable bonds is 4. The lowest BCUT2D eigenvalue weighted by molar-refractivity contribution is 0.101. The molecule has 0 amide bonds. The number of carbonyl (C=O) groups is 1. The summed E-state index contributed by atoms with van der Waals surface area (Å²) in [6, 6.07) is 0. The van der Waals surface area contributed by atoms with Gasteiger partial charge in [-0.15, -0.1) is 0 Å². The van der Waals surface area contributed by atoms with Crippen LogP contribution in [0.4, 0.5) is 0 Å². The van der Waals surface area contributed by atoms with E-state index in [4.69, 9.17) is 0 Å². The van der Waals surface area contributed by atoms with Crippen LogP contribution in [0, 0.1) is 5.92 Å². The molecular weight excluding hydrogens is 164 g/mol. The maximum Gasteiger partial charge on any atom is 0.162 e. The minimum atomic E-state index is 0.0791. The Hall–Kier alpha value is -1.12. The first kappa shape index (κ1) is 9.96. The van der Waals surface area contributed by atoms with E-state index in [0.717, 1.165) is 13.0 Å². The van der Waals surface area contributed by atoms with Crippen molar-refractivity contribution in [2.45, 2.75) is 33.7 Å². The van der Waals surface area contributed by atoms with Crippen LogP contribution in [0.2, 0.25) is 0 Å². The van der Waals surface area contributed by atoms with E-state index < -0.39 is 0 Å². The number of hydrogen-bond donors (Lipinski definition) is 0. The fourth-order valence-corrected chi connectivity index (χ4v) is 1.09. The van der Waals surface area contributed by atoms with Gasteiger partial charge in [-0.25, -0.2) is 0 Å². The fourth-order valence-electron chi connectivity index (χ4n) is 1.09. The summed E-state index contributed by atoms with van der Waals surface area (Å²) in [5, 5.41) is 4.12. The molecule has 0 fully saturated rings. The van der Waals surface area contributed by atoms with Crippen LogP contribution in [0.1, 0.15) is 37.6 Å². The molecule has 3 nitrogen and oxygen atoms in total. The Kier molecular flexibility index (Phi) is 3.23. The molecule has 0 aliphatic carbocycles. The second-order valence-corrected chi connectivity index (χ2v) is 3.52. The van der Waals surface area contributed by atoms with Gasteiger partial charge in [0, 0.05) is 12.7 Å². The molecule has 72 valence electrons. The molecule has 3 heteroatoms. The molecule has 1 unspecified atom stereocenters. The van der Waals surface area contributed by atoms with E-state index in [0.29, 0.717) is 11.5 Å². The Balaban J connectivity index is 2.64. The van der Waals surface area contributed by atoms with Gasteiger partial charge < -0.3 is 0 Å². The van der Waals surface area contributed by atoms with Crippen LogP contribution in [0.25, 0.3) is 0 Å². The first-order valence-electron chi connectivity index (χ1n) is 4.67. The van der Waals surface area contributed by atoms with Crippen molar-refractivity contribution < 1.29 is 4.79 Å². The van der Waals surface area contributed by atoms with E-state index in [-0.39, 0.29) is 5.78 Å². The summed E-state index contributed by atoms with van der Waals surface area (Å²) in [6.45, 7) is 6.78. The summed E-state index contributed by atoms with van der Waals surface area (Å²) in [5.74, 6) is 0.690. The predicted octanol–water partition coefficient (Wildman–Crippen LogP) is 2.13. The van der Waals surface area contributed by atoms with Crippen molar-refractivity contribution in [2.75, 3.05) is 0 Å². The summed E-state index contributed by atoms with van der Waals surface area (Å²) in [7, 11) is 0. The second kappa shape index (κ2) is 4.21. The van der Waals surface area contributed by atoms with Crippen molar-refractivity contribution in [2.24, 2.45) is 5.92 Å². The zero-order valence-corrected chi connectivity index (χ0v) is 8.45. The molecule has 13 heavy (non-hydrogen) atoms. The molecule has 1 atom stereocenters. The van der Waals surface area contributed by atoms with E-state index in [9.17, 15) is 4.79 Å². The maximum atomic E-state index is 11.0. The Morgan fingerprint density at radius 3 is 2.85 bits per heavy atom. The fraction of sp³-hybridized carbons (Fsp3) is 0.600. The van der Waals surface area contributed by atoms with Crippen molar-refractivity contribution in [3.63, 3.8) is 0 Å². The van der Waals surface area contributed by atoms with Crippen LogP contribution in [0.5, 0.6) is 0 Å². The highest BCUT2D eigenvalue weighted by atomic mass is 16.1. The number of Topliss-reactive ketones (excluding diaryl/α,β-unsaturated/α-hetero) is 1. The molecule has 1 rings (SSSR count). The molecule has 0 saturated heterocycles. The van der Waals surface area contributed by atoms with Crippen molar-refractivity contribution in [3.8, 4) is 0 Å². The zero-order chi connectivity index (χ0) is 9.84. The van der Waals surface area contributed by atoms with Gasteiger partial charge in [0.2, 0.25) is 0 Å². The van der Waals surface area contributed by atoms with Gasteiger partial charge in [0.1, 0.15) is 0 Å². The molecule has 1 heterocycles. The normalized spacial score (nSPS) is 12.8. The Labute approximate surface area is 78.8 Å². The molecule has 0 bridgehead atoms. The van der Waals surface area contributed by atoms with E-state index in [1.165, 1.54) is 0 Å². The zero-order valence-electron chi connectivity index (χ0n) is 8.45. The summed E-state index contributed by atoms with van der Waals surface area (Å²) in [4.78, 5) is 11.0. The highest BCUT2D eigenvalue weighted by molar-refractivity contribution is 5.93. The SMILES string of the molecule is CCC(C)Cn1cc(C(C)=O)cn1. The van der Waals surface area contributed by atoms with Crippen molar-refractivity contribution in [3.05, 3.63) is 18.0 Å². The number of nitrogens with zero attached hydrogens (tertiary/aromatic N) is 2. The van der Waals surface area contributed by atoms with Crippen LogP contribution in [0.15, 0.2) is 12.4 Å². The number of ketones is 1. The lowest BCUT2D eigenvalue weighted by Gasteiger charge is -2.07. The number of hydrogen-bond acceptors (Lipinski definition) is 2. The van der Waals surface area contributed by atoms with E-state index in [2.05, 4.69) is 18.9 Å². The van der Waals surface area contributed by atoms with Gasteiger partial charge in [-0.2, -0.15) is 5.10 Å². The van der Waals surface area contributed by atoms with Gasteiger partial charge in [0.25, 0.3) is 0 Å². The molecule has 0 N–H and O–H groups in total. The quantitative estimate of drug-likeness (QED) is 0.665. The van der Waals surface area contributed by atoms with Gasteiger partial charge >= 0.3 is 0 Å². The van der Waals surface area contributed by atoms with Gasteiger partial charge in [-0.05, 0) is 12.8 Å². The third-order valence-corrected chi connectivity index (χ3v) is 2.24. The molecule has 0 radical (unpaired) electrons. The highest BCUT2D eigenvalue weighted by Crippen LogP contribution is 2.05. The first-order chi connectivity index (χ1) is 6.13. The molecule has 1 aromatic rings. The van der Waals surface area contributed by atoms with Gasteiger partial charge in [0.15, 0.2) is 5.78 Å². The Bertz CT molecular complexity index is 291. The van der Waals surface area contributed by atoms with E-state index >= 15 is 0 Å². The molecule has 0 spiro atoms. The smallest absolute Gasteiger partial charge is 0.162 e. The van der Waals surface area contributed by atoms with Crippen molar-refractivity contribution in [1.29, 1.82) is 0 Å². The molecule has 0 aliphatic heterocycles. The standard InChI is InChI=1S/C10H16N2O/c1-4-8(2)6-12-7-10(5-11-12)9(3)13/h5,7-8H,4,6H2,1-3H3. The minimum absolute atomic E-state index is 0.0791. The van der Waals surface area contributed by atoms with Gasteiger partial charge in [-0.3, -0.25) is 9.48 Å². The lowest BCUT2D eigenvalue weighted by Crippen LogP contribution is -2.06. The van der Waals surface area contributed by atoms with Crippen LogP contribution in [-0.2, 0) is 6.54 Å². The highest BCUT2D eigenvalue weighted by Gasteiger charge is 2.05. The summed E-state index contributed by atoms with van der Waals surface area (Å²) < 4.78 is 1.84. The molecule has 1 aromatic heterocycles. The summed E-state index contributed by atoms with van der Waals surface area (Å²) in [6.07, 6.45) is 4.58. The Morgan fingerprint density at radius 2 is 2.38 bits per heavy atom. The van der Waals surface area contributed by atoms with Crippen molar-refractivity contribution in [1.82, 2.24) is 9.78 Å². The van der Waals surface area contributed by atoms with Crippen LogP contribution < -0.4 is 0 Å². The average molecular weight is 180 g/mol. The maximum absolute atomic E-state index is 11.0. The third kappa shape index (κ3) is 2.68. The number of carbonyl (C=O) groups excluding carboxylic acids is 1. The van der Waals surface area contributed by atoms with Crippen LogP contribution >= 0.6 is 0 Å². The molecule has 0 aliphatic rings. The first-order valence-corrected chi connectivity index (χ1v) is 4.67. The van der Waals surface area contributed by atoms with Gasteiger partial charge in [-0.1, -0.05) is 20.3 Å². The second-order valence-electron chi connectivity index (χ2n) is 3.52. The van der Waals surface area contributed by atoms with Crippen LogP contribution in [0.3, 0.4) is 0 Å². The minimum Gasteiger partial charge on any atom is -0.294 e. The topological polar surface area (TPSA) is 34.9 Å². The predicted molar refractivity (Wildman–Crippen MR) is 51.7 cm³/mol. The van der Waals surface area contributed by atoms with Crippen molar-refractivity contribution >= 4 is 5.78 Å². The average Bonchev–Trinajstić information content (AvgIpc) is 2.52. The number of aromatic nitrogens is 2. The largest absolute Gasteiger partial charge is 0.294 e. The third-order valence-electron chi connectivity index (χ3n) is 2.24. The summed E-state index contributed by atoms with van der Waals surface area (Å²) >= 11 is 0. The monoisotopic (exact) mass is 180 g/mol. The molecule has 0 aromatic carbocycles. The molecular formula is C10H16N2O. The van der Waals surface area contributed by atoms with E-state index in [1.54, 1.807) is 13.1 Å². The lowest BCUT2D eigenvalue weighted by atomic mass is 10.1.